The van der Waals surface area contributed by atoms with E-state index in [4.69, 9.17) is 4.74 Å². The van der Waals surface area contributed by atoms with Crippen molar-refractivity contribution in [3.05, 3.63) is 23.8 Å². The van der Waals surface area contributed by atoms with Gasteiger partial charge in [0, 0.05) is 51.5 Å². The molecule has 3 aliphatic heterocycles. The van der Waals surface area contributed by atoms with Gasteiger partial charge in [-0.15, -0.1) is 0 Å². The largest absolute Gasteiger partial charge is 0.497 e. The van der Waals surface area contributed by atoms with Crippen LogP contribution in [-0.4, -0.2) is 92.5 Å². The Hall–Kier alpha value is -2.12. The molecule has 1 aromatic carbocycles. The average molecular weight is 443 g/mol. The fourth-order valence-corrected chi connectivity index (χ4v) is 5.50. The minimum Gasteiger partial charge on any atom is -0.497 e. The van der Waals surface area contributed by atoms with E-state index >= 15 is 0 Å². The van der Waals surface area contributed by atoms with Gasteiger partial charge in [0.1, 0.15) is 5.75 Å². The average Bonchev–Trinajstić information content (AvgIpc) is 2.78. The highest BCUT2D eigenvalue weighted by Gasteiger charge is 2.29. The van der Waals surface area contributed by atoms with Crippen molar-refractivity contribution < 1.29 is 14.3 Å². The van der Waals surface area contributed by atoms with Gasteiger partial charge in [-0.2, -0.15) is 0 Å². The number of hydrogen-bond acceptors (Lipinski definition) is 5. The predicted molar refractivity (Wildman–Crippen MR) is 126 cm³/mol. The number of piperidine rings is 1. The zero-order valence-corrected chi connectivity index (χ0v) is 19.9. The molecule has 2 atom stereocenters. The lowest BCUT2D eigenvalue weighted by Gasteiger charge is -2.39. The standard InChI is InChI=1S/C25H38N4O3/c1-19-13-20(2)16-28(15-19)24(30)17-26-9-11-27(12-10-26)18-25(31)29-8-4-5-21-14-22(32-3)6-7-23(21)29/h6-7,14,19-20H,4-5,8-13,15-18H2,1-3H3/t19-,20-/m0/s1. The van der Waals surface area contributed by atoms with Crippen LogP contribution in [0.2, 0.25) is 0 Å². The van der Waals surface area contributed by atoms with E-state index in [-0.39, 0.29) is 11.8 Å². The molecule has 2 saturated heterocycles. The Bertz CT molecular complexity index is 811. The third-order valence-electron chi connectivity index (χ3n) is 7.11. The number of fused-ring (bicyclic) bond motifs is 1. The minimum absolute atomic E-state index is 0.164. The number of methoxy groups -OCH3 is 1. The zero-order chi connectivity index (χ0) is 22.7. The van der Waals surface area contributed by atoms with Crippen LogP contribution in [0.5, 0.6) is 5.75 Å². The van der Waals surface area contributed by atoms with Gasteiger partial charge in [-0.25, -0.2) is 0 Å². The van der Waals surface area contributed by atoms with Crippen LogP contribution in [-0.2, 0) is 16.0 Å². The van der Waals surface area contributed by atoms with Crippen molar-refractivity contribution in [1.29, 1.82) is 0 Å². The van der Waals surface area contributed by atoms with Gasteiger partial charge in [0.15, 0.2) is 0 Å². The number of amides is 2. The lowest BCUT2D eigenvalue weighted by atomic mass is 9.92. The van der Waals surface area contributed by atoms with E-state index in [1.165, 1.54) is 12.0 Å². The normalized spacial score (nSPS) is 24.8. The van der Waals surface area contributed by atoms with E-state index in [1.54, 1.807) is 7.11 Å². The molecule has 0 N–H and O–H groups in total. The second-order valence-electron chi connectivity index (χ2n) is 9.94. The van der Waals surface area contributed by atoms with Gasteiger partial charge in [-0.3, -0.25) is 19.4 Å². The Labute approximate surface area is 192 Å². The van der Waals surface area contributed by atoms with Gasteiger partial charge in [0.2, 0.25) is 11.8 Å². The predicted octanol–water partition coefficient (Wildman–Crippen LogP) is 2.10. The quantitative estimate of drug-likeness (QED) is 0.699. The summed E-state index contributed by atoms with van der Waals surface area (Å²) in [4.78, 5) is 34.3. The van der Waals surface area contributed by atoms with E-state index in [9.17, 15) is 9.59 Å². The Morgan fingerprint density at radius 3 is 2.19 bits per heavy atom. The number of carbonyl (C=O) groups is 2. The maximum atomic E-state index is 13.1. The summed E-state index contributed by atoms with van der Waals surface area (Å²) >= 11 is 0. The summed E-state index contributed by atoms with van der Waals surface area (Å²) < 4.78 is 5.34. The third-order valence-corrected chi connectivity index (χ3v) is 7.11. The first-order valence-corrected chi connectivity index (χ1v) is 12.1. The summed E-state index contributed by atoms with van der Waals surface area (Å²) in [7, 11) is 1.67. The molecular weight excluding hydrogens is 404 g/mol. The summed E-state index contributed by atoms with van der Waals surface area (Å²) in [6.07, 6.45) is 3.18. The molecule has 0 aromatic heterocycles. The van der Waals surface area contributed by atoms with Crippen LogP contribution in [0.3, 0.4) is 0 Å². The van der Waals surface area contributed by atoms with E-state index < -0.39 is 0 Å². The molecule has 176 valence electrons. The molecular formula is C25H38N4O3. The molecule has 1 aromatic rings. The number of ether oxygens (including phenoxy) is 1. The number of likely N-dealkylation sites (tertiary alicyclic amines) is 1. The van der Waals surface area contributed by atoms with Crippen LogP contribution in [0.4, 0.5) is 5.69 Å². The molecule has 3 heterocycles. The highest BCUT2D eigenvalue weighted by molar-refractivity contribution is 5.96. The van der Waals surface area contributed by atoms with Crippen LogP contribution in [0, 0.1) is 11.8 Å². The van der Waals surface area contributed by atoms with Crippen molar-refractivity contribution in [2.75, 3.05) is 70.9 Å². The molecule has 7 nitrogen and oxygen atoms in total. The van der Waals surface area contributed by atoms with Crippen molar-refractivity contribution in [3.63, 3.8) is 0 Å². The molecule has 0 bridgehead atoms. The van der Waals surface area contributed by atoms with Crippen molar-refractivity contribution in [2.45, 2.75) is 33.1 Å². The van der Waals surface area contributed by atoms with E-state index in [0.29, 0.717) is 24.9 Å². The fraction of sp³-hybridized carbons (Fsp3) is 0.680. The first kappa shape index (κ1) is 23.1. The van der Waals surface area contributed by atoms with Gasteiger partial charge in [0.05, 0.1) is 20.2 Å². The van der Waals surface area contributed by atoms with Gasteiger partial charge in [-0.1, -0.05) is 13.8 Å². The Kier molecular flexibility index (Phi) is 7.36. The number of anilines is 1. The summed E-state index contributed by atoms with van der Waals surface area (Å²) in [6.45, 7) is 11.3. The highest BCUT2D eigenvalue weighted by Crippen LogP contribution is 2.30. The van der Waals surface area contributed by atoms with Crippen LogP contribution in [0.25, 0.3) is 0 Å². The van der Waals surface area contributed by atoms with Crippen LogP contribution < -0.4 is 9.64 Å². The fourth-order valence-electron chi connectivity index (χ4n) is 5.50. The maximum absolute atomic E-state index is 13.1. The molecule has 3 aliphatic rings. The van der Waals surface area contributed by atoms with Crippen molar-refractivity contribution in [3.8, 4) is 5.75 Å². The van der Waals surface area contributed by atoms with Crippen LogP contribution in [0.1, 0.15) is 32.3 Å². The molecule has 7 heteroatoms. The minimum atomic E-state index is 0.164. The van der Waals surface area contributed by atoms with Crippen molar-refractivity contribution in [2.24, 2.45) is 11.8 Å². The molecule has 2 fully saturated rings. The maximum Gasteiger partial charge on any atom is 0.241 e. The van der Waals surface area contributed by atoms with E-state index in [0.717, 1.165) is 70.1 Å². The SMILES string of the molecule is COc1ccc2c(c1)CCCN2C(=O)CN1CCN(CC(=O)N2C[C@@H](C)C[C@H](C)C2)CC1. The van der Waals surface area contributed by atoms with Crippen LogP contribution in [0.15, 0.2) is 18.2 Å². The second kappa shape index (κ2) is 10.2. The lowest BCUT2D eigenvalue weighted by molar-refractivity contribution is -0.135. The summed E-state index contributed by atoms with van der Waals surface area (Å²) in [5, 5.41) is 0. The molecule has 4 rings (SSSR count). The second-order valence-corrected chi connectivity index (χ2v) is 9.94. The van der Waals surface area contributed by atoms with Crippen LogP contribution >= 0.6 is 0 Å². The third kappa shape index (κ3) is 5.44. The molecule has 0 radical (unpaired) electrons. The van der Waals surface area contributed by atoms with Gasteiger partial charge >= 0.3 is 0 Å². The molecule has 0 spiro atoms. The van der Waals surface area contributed by atoms with E-state index in [2.05, 4.69) is 28.5 Å². The number of piperazine rings is 1. The number of carbonyl (C=O) groups excluding carboxylic acids is 2. The van der Waals surface area contributed by atoms with Crippen molar-refractivity contribution in [1.82, 2.24) is 14.7 Å². The molecule has 2 amide bonds. The lowest BCUT2D eigenvalue weighted by Crippen LogP contribution is -2.53. The number of aryl methyl sites for hydroxylation is 1. The first-order valence-electron chi connectivity index (χ1n) is 12.1. The summed E-state index contributed by atoms with van der Waals surface area (Å²) in [6, 6.07) is 6.00. The van der Waals surface area contributed by atoms with Crippen molar-refractivity contribution >= 4 is 17.5 Å². The van der Waals surface area contributed by atoms with Gasteiger partial charge < -0.3 is 14.5 Å². The smallest absolute Gasteiger partial charge is 0.241 e. The monoisotopic (exact) mass is 442 g/mol. The molecule has 32 heavy (non-hydrogen) atoms. The number of rotatable bonds is 5. The molecule has 0 aliphatic carbocycles. The Morgan fingerprint density at radius 1 is 0.938 bits per heavy atom. The Morgan fingerprint density at radius 2 is 1.56 bits per heavy atom. The highest BCUT2D eigenvalue weighted by atomic mass is 16.5. The number of benzene rings is 1. The number of nitrogens with zero attached hydrogens (tertiary/aromatic N) is 4. The van der Waals surface area contributed by atoms with Gasteiger partial charge in [0.25, 0.3) is 0 Å². The zero-order valence-electron chi connectivity index (χ0n) is 19.9. The Balaban J connectivity index is 1.26. The summed E-state index contributed by atoms with van der Waals surface area (Å²) in [5.74, 6) is 2.44. The topological polar surface area (TPSA) is 56.3 Å². The van der Waals surface area contributed by atoms with Gasteiger partial charge in [-0.05, 0) is 54.9 Å². The summed E-state index contributed by atoms with van der Waals surface area (Å²) in [5.41, 5.74) is 2.21. The number of hydrogen-bond donors (Lipinski definition) is 0. The molecule has 0 unspecified atom stereocenters. The first-order chi connectivity index (χ1) is 15.4. The van der Waals surface area contributed by atoms with E-state index in [1.807, 2.05) is 23.1 Å². The molecule has 0 saturated carbocycles.